The van der Waals surface area contributed by atoms with Gasteiger partial charge in [-0.2, -0.15) is 0 Å². The predicted octanol–water partition coefficient (Wildman–Crippen LogP) is 8.86. The number of benzene rings is 1. The van der Waals surface area contributed by atoms with Crippen LogP contribution < -0.4 is 9.47 Å². The van der Waals surface area contributed by atoms with Gasteiger partial charge in [-0.1, -0.05) is 77.0 Å². The molecule has 1 aromatic carbocycles. The van der Waals surface area contributed by atoms with Gasteiger partial charge in [-0.25, -0.2) is 0 Å². The second-order valence-corrected chi connectivity index (χ2v) is 9.35. The first-order valence-electron chi connectivity index (χ1n) is 13.5. The summed E-state index contributed by atoms with van der Waals surface area (Å²) in [6.45, 7) is 12.8. The summed E-state index contributed by atoms with van der Waals surface area (Å²) in [5.41, 5.74) is 4.84. The Morgan fingerprint density at radius 3 is 2.53 bits per heavy atom. The first-order valence-corrected chi connectivity index (χ1v) is 13.5. The highest BCUT2D eigenvalue weighted by molar-refractivity contribution is 5.80. The maximum absolute atomic E-state index is 9.24. The Bertz CT molecular complexity index is 975. The molecule has 0 atom stereocenters. The van der Waals surface area contributed by atoms with Gasteiger partial charge in [-0.15, -0.1) is 0 Å². The first-order chi connectivity index (χ1) is 17.5. The van der Waals surface area contributed by atoms with Crippen LogP contribution in [-0.4, -0.2) is 24.5 Å². The van der Waals surface area contributed by atoms with Crippen LogP contribution in [0.15, 0.2) is 82.8 Å². The molecule has 4 nitrogen and oxygen atoms in total. The number of rotatable bonds is 12. The average Bonchev–Trinajstić information content (AvgIpc) is 3.13. The van der Waals surface area contributed by atoms with Gasteiger partial charge in [-0.05, 0) is 73.4 Å². The quantitative estimate of drug-likeness (QED) is 0.235. The van der Waals surface area contributed by atoms with Crippen LogP contribution in [0.3, 0.4) is 0 Å². The van der Waals surface area contributed by atoms with Crippen molar-refractivity contribution >= 4 is 6.21 Å². The molecular formula is C32H45NO3. The predicted molar refractivity (Wildman–Crippen MR) is 153 cm³/mol. The third-order valence-electron chi connectivity index (χ3n) is 6.50. The molecule has 196 valence electrons. The van der Waals surface area contributed by atoms with E-state index in [1.54, 1.807) is 0 Å². The Balaban J connectivity index is 0.00000106. The van der Waals surface area contributed by atoms with Gasteiger partial charge in [0.15, 0.2) is 0 Å². The molecule has 1 N–H and O–H groups in total. The molecule has 36 heavy (non-hydrogen) atoms. The zero-order valence-corrected chi connectivity index (χ0v) is 22.8. The van der Waals surface area contributed by atoms with Gasteiger partial charge in [-0.3, -0.25) is 4.99 Å². The van der Waals surface area contributed by atoms with E-state index in [1.165, 1.54) is 43.3 Å². The highest BCUT2D eigenvalue weighted by Gasteiger charge is 2.21. The normalized spacial score (nSPS) is 15.8. The molecule has 0 aromatic heterocycles. The fourth-order valence-electron chi connectivity index (χ4n) is 3.78. The summed E-state index contributed by atoms with van der Waals surface area (Å²) in [4.78, 5) is 4.91. The largest absolute Gasteiger partial charge is 0.509 e. The number of aliphatic hydroxyl groups is 1. The van der Waals surface area contributed by atoms with Crippen molar-refractivity contribution in [3.05, 3.63) is 83.3 Å². The molecule has 1 fully saturated rings. The fourth-order valence-corrected chi connectivity index (χ4v) is 3.78. The summed E-state index contributed by atoms with van der Waals surface area (Å²) in [6, 6.07) is 5.77. The van der Waals surface area contributed by atoms with E-state index in [1.807, 2.05) is 30.5 Å². The third kappa shape index (κ3) is 10.3. The van der Waals surface area contributed by atoms with Crippen molar-refractivity contribution < 1.29 is 14.6 Å². The Kier molecular flexibility index (Phi) is 13.5. The van der Waals surface area contributed by atoms with Crippen molar-refractivity contribution in [1.29, 1.82) is 0 Å². The number of aliphatic hydroxyl groups excluding tert-OH is 1. The van der Waals surface area contributed by atoms with Crippen LogP contribution in [0.1, 0.15) is 78.2 Å². The van der Waals surface area contributed by atoms with Crippen LogP contribution in [0.25, 0.3) is 0 Å². The van der Waals surface area contributed by atoms with E-state index >= 15 is 0 Å². The highest BCUT2D eigenvalue weighted by Crippen LogP contribution is 2.35. The topological polar surface area (TPSA) is 51.0 Å². The van der Waals surface area contributed by atoms with Crippen LogP contribution in [0.5, 0.6) is 11.5 Å². The van der Waals surface area contributed by atoms with E-state index in [4.69, 9.17) is 14.5 Å². The molecule has 2 aliphatic carbocycles. The van der Waals surface area contributed by atoms with E-state index < -0.39 is 0 Å². The molecule has 0 aliphatic heterocycles. The zero-order valence-electron chi connectivity index (χ0n) is 22.8. The van der Waals surface area contributed by atoms with Gasteiger partial charge in [0.05, 0.1) is 6.61 Å². The SMILES string of the molecule is C=C(O)COc1ccc(OCC/C(N=CC2=CC=CC=CC2)=C(\C)C2CCC2)c(CC)c1.CCCC. The lowest BCUT2D eigenvalue weighted by Crippen LogP contribution is -2.14. The number of hydrogen-bond acceptors (Lipinski definition) is 4. The number of aryl methyl sites for hydroxylation is 1. The molecule has 0 unspecified atom stereocenters. The maximum Gasteiger partial charge on any atom is 0.144 e. The van der Waals surface area contributed by atoms with E-state index in [2.05, 4.69) is 58.6 Å². The minimum absolute atomic E-state index is 0.0109. The summed E-state index contributed by atoms with van der Waals surface area (Å²) >= 11 is 0. The maximum atomic E-state index is 9.24. The fraction of sp³-hybridized carbons (Fsp3) is 0.469. The molecule has 0 amide bonds. The lowest BCUT2D eigenvalue weighted by atomic mass is 9.79. The Hall–Kier alpha value is -3.01. The molecule has 0 spiro atoms. The van der Waals surface area contributed by atoms with Gasteiger partial charge in [0.1, 0.15) is 23.9 Å². The van der Waals surface area contributed by atoms with Crippen molar-refractivity contribution in [2.45, 2.75) is 79.1 Å². The molecule has 0 heterocycles. The Morgan fingerprint density at radius 1 is 1.11 bits per heavy atom. The third-order valence-corrected chi connectivity index (χ3v) is 6.50. The summed E-state index contributed by atoms with van der Waals surface area (Å²) in [5, 5.41) is 9.24. The zero-order chi connectivity index (χ0) is 26.2. The number of ether oxygens (including phenoxy) is 2. The number of hydrogen-bond donors (Lipinski definition) is 1. The average molecular weight is 492 g/mol. The molecule has 1 saturated carbocycles. The van der Waals surface area contributed by atoms with Crippen LogP contribution >= 0.6 is 0 Å². The summed E-state index contributed by atoms with van der Waals surface area (Å²) in [7, 11) is 0. The van der Waals surface area contributed by atoms with Gasteiger partial charge in [0.25, 0.3) is 0 Å². The van der Waals surface area contributed by atoms with Gasteiger partial charge >= 0.3 is 0 Å². The Morgan fingerprint density at radius 2 is 1.89 bits per heavy atom. The lowest BCUT2D eigenvalue weighted by Gasteiger charge is -2.27. The molecule has 0 radical (unpaired) electrons. The van der Waals surface area contributed by atoms with Gasteiger partial charge in [0.2, 0.25) is 0 Å². The number of aliphatic imine (C=N–C) groups is 1. The summed E-state index contributed by atoms with van der Waals surface area (Å²) in [5.74, 6) is 2.25. The lowest BCUT2D eigenvalue weighted by molar-refractivity contribution is 0.271. The summed E-state index contributed by atoms with van der Waals surface area (Å²) < 4.78 is 11.7. The highest BCUT2D eigenvalue weighted by atomic mass is 16.5. The van der Waals surface area contributed by atoms with E-state index in [0.29, 0.717) is 18.3 Å². The van der Waals surface area contributed by atoms with E-state index in [0.717, 1.165) is 36.3 Å². The molecule has 0 saturated heterocycles. The van der Waals surface area contributed by atoms with Crippen molar-refractivity contribution in [3.8, 4) is 11.5 Å². The summed E-state index contributed by atoms with van der Waals surface area (Å²) in [6.07, 6.45) is 21.5. The molecular weight excluding hydrogens is 446 g/mol. The number of unbranched alkanes of at least 4 members (excludes halogenated alkanes) is 1. The molecule has 1 aromatic rings. The van der Waals surface area contributed by atoms with E-state index in [9.17, 15) is 5.11 Å². The van der Waals surface area contributed by atoms with Crippen LogP contribution in [0.4, 0.5) is 0 Å². The van der Waals surface area contributed by atoms with Crippen molar-refractivity contribution in [2.24, 2.45) is 10.9 Å². The molecule has 3 rings (SSSR count). The minimum atomic E-state index is 0.0109. The van der Waals surface area contributed by atoms with Crippen molar-refractivity contribution in [2.75, 3.05) is 13.2 Å². The molecule has 4 heteroatoms. The van der Waals surface area contributed by atoms with Gasteiger partial charge < -0.3 is 14.6 Å². The first kappa shape index (κ1) is 29.2. The van der Waals surface area contributed by atoms with Crippen molar-refractivity contribution in [3.63, 3.8) is 0 Å². The van der Waals surface area contributed by atoms with Crippen molar-refractivity contribution in [1.82, 2.24) is 0 Å². The Labute approximate surface area is 218 Å². The number of allylic oxidation sites excluding steroid dienone is 7. The second kappa shape index (κ2) is 16.6. The van der Waals surface area contributed by atoms with E-state index in [-0.39, 0.29) is 12.4 Å². The van der Waals surface area contributed by atoms with Crippen LogP contribution in [-0.2, 0) is 6.42 Å². The monoisotopic (exact) mass is 491 g/mol. The number of nitrogens with zero attached hydrogens (tertiary/aromatic N) is 1. The molecule has 0 bridgehead atoms. The standard InChI is InChI=1S/C28H35NO3.C4H10/c1-4-24-18-26(32-20-21(2)30)14-15-28(24)31-17-16-27(22(3)25-12-9-13-25)29-19-23-10-7-5-6-8-11-23;1-3-4-2/h5-8,10,14-15,18-19,25,30H,2,4,9,11-13,16-17,20H2,1,3H3;3-4H2,1-2H3/b27-22-,29-19?;. The van der Waals surface area contributed by atoms with Crippen LogP contribution in [0, 0.1) is 5.92 Å². The van der Waals surface area contributed by atoms with Gasteiger partial charge in [0, 0.05) is 18.3 Å². The second-order valence-electron chi connectivity index (χ2n) is 9.35. The smallest absolute Gasteiger partial charge is 0.144 e. The minimum Gasteiger partial charge on any atom is -0.509 e. The van der Waals surface area contributed by atoms with Crippen LogP contribution in [0.2, 0.25) is 0 Å². The molecule has 2 aliphatic rings.